The van der Waals surface area contributed by atoms with E-state index in [1.54, 1.807) is 0 Å². The average molecular weight is 304 g/mol. The van der Waals surface area contributed by atoms with Crippen molar-refractivity contribution in [2.45, 2.75) is 64.7 Å². The van der Waals surface area contributed by atoms with Gasteiger partial charge >= 0.3 is 0 Å². The van der Waals surface area contributed by atoms with Crippen molar-refractivity contribution in [3.8, 4) is 0 Å². The third-order valence-corrected chi connectivity index (χ3v) is 5.90. The van der Waals surface area contributed by atoms with E-state index in [2.05, 4.69) is 35.3 Å². The van der Waals surface area contributed by atoms with Gasteiger partial charge in [0.1, 0.15) is 0 Å². The molecule has 1 aliphatic heterocycles. The zero-order chi connectivity index (χ0) is 13.6. The second kappa shape index (κ2) is 13.6. The molecule has 0 atom stereocenters. The largest absolute Gasteiger partial charge is 0.293 e. The van der Waals surface area contributed by atoms with E-state index in [0.717, 1.165) is 0 Å². The van der Waals surface area contributed by atoms with Crippen LogP contribution in [0, 0.1) is 0 Å². The van der Waals surface area contributed by atoms with Gasteiger partial charge in [-0.15, -0.1) is 11.8 Å². The number of thioether (sulfide) groups is 2. The fourth-order valence-electron chi connectivity index (χ4n) is 2.43. The molecule has 0 radical (unpaired) electrons. The second-order valence-corrected chi connectivity index (χ2v) is 7.90. The highest BCUT2D eigenvalue weighted by Gasteiger charge is 2.10. The van der Waals surface area contributed by atoms with Gasteiger partial charge in [-0.05, 0) is 37.3 Å². The fraction of sp³-hybridized carbons (Fsp3) is 1.00. The molecule has 0 spiro atoms. The van der Waals surface area contributed by atoms with Crippen LogP contribution in [0.2, 0.25) is 0 Å². The molecule has 0 aromatic rings. The van der Waals surface area contributed by atoms with E-state index in [0.29, 0.717) is 0 Å². The van der Waals surface area contributed by atoms with Crippen molar-refractivity contribution in [1.82, 2.24) is 4.90 Å². The van der Waals surface area contributed by atoms with Gasteiger partial charge in [0.2, 0.25) is 0 Å². The van der Waals surface area contributed by atoms with Gasteiger partial charge in [0, 0.05) is 18.2 Å². The summed E-state index contributed by atoms with van der Waals surface area (Å²) < 4.78 is 0. The van der Waals surface area contributed by atoms with Gasteiger partial charge in [0.15, 0.2) is 0 Å². The summed E-state index contributed by atoms with van der Waals surface area (Å²) in [5.41, 5.74) is 0. The second-order valence-electron chi connectivity index (χ2n) is 5.60. The molecule has 1 nitrogen and oxygen atoms in total. The molecule has 0 aliphatic carbocycles. The maximum atomic E-state index is 2.61. The SMILES string of the molecule is CCCCCCCSCCCCCCN1CCSC1. The Hall–Kier alpha value is 0.660. The highest BCUT2D eigenvalue weighted by Crippen LogP contribution is 2.15. The van der Waals surface area contributed by atoms with Crippen molar-refractivity contribution in [1.29, 1.82) is 0 Å². The Morgan fingerprint density at radius 2 is 1.58 bits per heavy atom. The minimum Gasteiger partial charge on any atom is -0.293 e. The molecule has 0 saturated carbocycles. The van der Waals surface area contributed by atoms with Gasteiger partial charge in [-0.3, -0.25) is 4.90 Å². The number of unbranched alkanes of at least 4 members (excludes halogenated alkanes) is 7. The first-order chi connectivity index (χ1) is 9.43. The molecule has 19 heavy (non-hydrogen) atoms. The first-order valence-corrected chi connectivity index (χ1v) is 10.6. The molecule has 0 aromatic heterocycles. The predicted octanol–water partition coefficient (Wildman–Crippen LogP) is 5.26. The topological polar surface area (TPSA) is 3.24 Å². The molecule has 114 valence electrons. The zero-order valence-electron chi connectivity index (χ0n) is 12.9. The van der Waals surface area contributed by atoms with Crippen molar-refractivity contribution in [3.05, 3.63) is 0 Å². The lowest BCUT2D eigenvalue weighted by atomic mass is 10.2. The molecule has 0 N–H and O–H groups in total. The Kier molecular flexibility index (Phi) is 12.7. The third-order valence-electron chi connectivity index (χ3n) is 3.73. The van der Waals surface area contributed by atoms with Crippen molar-refractivity contribution in [2.75, 3.05) is 36.2 Å². The molecular formula is C16H33NS2. The molecular weight excluding hydrogens is 270 g/mol. The lowest BCUT2D eigenvalue weighted by Crippen LogP contribution is -2.20. The first-order valence-electron chi connectivity index (χ1n) is 8.31. The van der Waals surface area contributed by atoms with Crippen LogP contribution in [0.1, 0.15) is 64.7 Å². The van der Waals surface area contributed by atoms with E-state index in [-0.39, 0.29) is 0 Å². The van der Waals surface area contributed by atoms with Crippen LogP contribution < -0.4 is 0 Å². The summed E-state index contributed by atoms with van der Waals surface area (Å²) in [5.74, 6) is 5.44. The van der Waals surface area contributed by atoms with Crippen molar-refractivity contribution in [3.63, 3.8) is 0 Å². The van der Waals surface area contributed by atoms with Crippen LogP contribution in [0.4, 0.5) is 0 Å². The number of nitrogens with zero attached hydrogens (tertiary/aromatic N) is 1. The maximum absolute atomic E-state index is 2.61. The predicted molar refractivity (Wildman–Crippen MR) is 93.5 cm³/mol. The lowest BCUT2D eigenvalue weighted by Gasteiger charge is -2.12. The molecule has 1 rings (SSSR count). The van der Waals surface area contributed by atoms with Gasteiger partial charge in [0.05, 0.1) is 0 Å². The molecule has 1 heterocycles. The highest BCUT2D eigenvalue weighted by atomic mass is 32.2. The van der Waals surface area contributed by atoms with Gasteiger partial charge < -0.3 is 0 Å². The smallest absolute Gasteiger partial charge is 0.0445 e. The Balaban J connectivity index is 1.67. The Morgan fingerprint density at radius 3 is 2.21 bits per heavy atom. The van der Waals surface area contributed by atoms with Crippen LogP contribution in [0.25, 0.3) is 0 Å². The van der Waals surface area contributed by atoms with Crippen LogP contribution in [0.3, 0.4) is 0 Å². The molecule has 0 amide bonds. The van der Waals surface area contributed by atoms with Crippen molar-refractivity contribution in [2.24, 2.45) is 0 Å². The van der Waals surface area contributed by atoms with Crippen LogP contribution in [0.5, 0.6) is 0 Å². The summed E-state index contributed by atoms with van der Waals surface area (Å²) in [7, 11) is 0. The molecule has 1 fully saturated rings. The van der Waals surface area contributed by atoms with Crippen LogP contribution >= 0.6 is 23.5 Å². The third kappa shape index (κ3) is 11.0. The summed E-state index contributed by atoms with van der Waals surface area (Å²) in [6, 6.07) is 0. The zero-order valence-corrected chi connectivity index (χ0v) is 14.5. The quantitative estimate of drug-likeness (QED) is 0.427. The fourth-order valence-corrected chi connectivity index (χ4v) is 4.48. The highest BCUT2D eigenvalue weighted by molar-refractivity contribution is 7.99. The monoisotopic (exact) mass is 303 g/mol. The molecule has 0 aromatic carbocycles. The first kappa shape index (κ1) is 17.7. The summed E-state index contributed by atoms with van der Waals surface area (Å²) in [6.45, 7) is 4.97. The van der Waals surface area contributed by atoms with Crippen LogP contribution in [0.15, 0.2) is 0 Å². The van der Waals surface area contributed by atoms with E-state index in [1.165, 1.54) is 94.0 Å². The van der Waals surface area contributed by atoms with E-state index in [1.807, 2.05) is 0 Å². The summed E-state index contributed by atoms with van der Waals surface area (Å²) in [5, 5.41) is 0. The van der Waals surface area contributed by atoms with Gasteiger partial charge in [-0.1, -0.05) is 45.4 Å². The van der Waals surface area contributed by atoms with Gasteiger partial charge in [0.25, 0.3) is 0 Å². The Labute approximate surface area is 129 Å². The normalized spacial score (nSPS) is 16.3. The molecule has 1 aliphatic rings. The average Bonchev–Trinajstić information content (AvgIpc) is 2.93. The minimum atomic E-state index is 1.29. The number of hydrogen-bond acceptors (Lipinski definition) is 3. The van der Waals surface area contributed by atoms with E-state index in [4.69, 9.17) is 0 Å². The summed E-state index contributed by atoms with van der Waals surface area (Å²) in [6.07, 6.45) is 12.9. The van der Waals surface area contributed by atoms with Crippen molar-refractivity contribution >= 4 is 23.5 Å². The lowest BCUT2D eigenvalue weighted by molar-refractivity contribution is 0.344. The Morgan fingerprint density at radius 1 is 0.895 bits per heavy atom. The molecule has 1 saturated heterocycles. The van der Waals surface area contributed by atoms with Crippen LogP contribution in [-0.2, 0) is 0 Å². The van der Waals surface area contributed by atoms with E-state index >= 15 is 0 Å². The van der Waals surface area contributed by atoms with E-state index in [9.17, 15) is 0 Å². The molecule has 3 heteroatoms. The standard InChI is InChI=1S/C16H33NS2/c1-2-3-4-6-9-13-18-14-10-7-5-8-11-17-12-15-19-16-17/h2-16H2,1H3. The van der Waals surface area contributed by atoms with E-state index < -0.39 is 0 Å². The minimum absolute atomic E-state index is 1.29. The molecule has 0 unspecified atom stereocenters. The number of rotatable bonds is 13. The Bertz CT molecular complexity index is 182. The number of hydrogen-bond donors (Lipinski definition) is 0. The maximum Gasteiger partial charge on any atom is 0.0445 e. The van der Waals surface area contributed by atoms with Crippen molar-refractivity contribution < 1.29 is 0 Å². The summed E-state index contributed by atoms with van der Waals surface area (Å²) >= 11 is 4.27. The van der Waals surface area contributed by atoms with Crippen LogP contribution in [-0.4, -0.2) is 41.1 Å². The molecule has 0 bridgehead atoms. The van der Waals surface area contributed by atoms with Gasteiger partial charge in [-0.2, -0.15) is 11.8 Å². The van der Waals surface area contributed by atoms with Gasteiger partial charge in [-0.25, -0.2) is 0 Å². The summed E-state index contributed by atoms with van der Waals surface area (Å²) in [4.78, 5) is 2.61.